The van der Waals surface area contributed by atoms with Crippen molar-refractivity contribution < 1.29 is 28.6 Å². The summed E-state index contributed by atoms with van der Waals surface area (Å²) in [7, 11) is 1.31. The van der Waals surface area contributed by atoms with Crippen molar-refractivity contribution in [2.75, 3.05) is 30.4 Å². The highest BCUT2D eigenvalue weighted by molar-refractivity contribution is 6.31. The van der Waals surface area contributed by atoms with Crippen LogP contribution in [0.5, 0.6) is 0 Å². The smallest absolute Gasteiger partial charge is 0.413 e. The molecule has 13 nitrogen and oxygen atoms in total. The molecule has 5 rings (SSSR count). The molecule has 3 heterocycles. The molecule has 0 radical (unpaired) electrons. The summed E-state index contributed by atoms with van der Waals surface area (Å²) >= 11 is 6.74. The molecule has 1 saturated heterocycles. The monoisotopic (exact) mass is 655 g/mol. The first-order valence-electron chi connectivity index (χ1n) is 15.4. The van der Waals surface area contributed by atoms with Gasteiger partial charge in [0.05, 0.1) is 26.5 Å². The van der Waals surface area contributed by atoms with Crippen LogP contribution in [0.2, 0.25) is 5.02 Å². The maximum absolute atomic E-state index is 13.2. The van der Waals surface area contributed by atoms with Crippen molar-refractivity contribution in [3.8, 4) is 0 Å². The second kappa shape index (κ2) is 12.6. The molecule has 2 aliphatic rings. The number of anilines is 2. The minimum atomic E-state index is -1.32. The van der Waals surface area contributed by atoms with E-state index in [1.165, 1.54) is 13.4 Å². The minimum absolute atomic E-state index is 0.160. The zero-order chi connectivity index (χ0) is 33.4. The molecule has 1 saturated carbocycles. The van der Waals surface area contributed by atoms with E-state index in [2.05, 4.69) is 30.5 Å². The first-order valence-corrected chi connectivity index (χ1v) is 15.8. The lowest BCUT2D eigenvalue weighted by molar-refractivity contribution is -0.147. The van der Waals surface area contributed by atoms with E-state index in [0.717, 1.165) is 36.1 Å². The molecule has 1 atom stereocenters. The van der Waals surface area contributed by atoms with Gasteiger partial charge < -0.3 is 29.0 Å². The predicted octanol–water partition coefficient (Wildman–Crippen LogP) is 5.79. The van der Waals surface area contributed by atoms with Crippen LogP contribution in [0.25, 0.3) is 11.2 Å². The number of alkyl carbamates (subject to hydrolysis) is 1. The Kier molecular flexibility index (Phi) is 9.09. The largest absolute Gasteiger partial charge is 0.467 e. The van der Waals surface area contributed by atoms with Gasteiger partial charge in [-0.05, 0) is 83.6 Å². The van der Waals surface area contributed by atoms with Gasteiger partial charge in [0.2, 0.25) is 0 Å². The van der Waals surface area contributed by atoms with Crippen LogP contribution >= 0.6 is 11.6 Å². The highest BCUT2D eigenvalue weighted by atomic mass is 35.5. The molecule has 14 heteroatoms. The zero-order valence-corrected chi connectivity index (χ0v) is 28.2. The van der Waals surface area contributed by atoms with Crippen molar-refractivity contribution in [1.82, 2.24) is 24.8 Å². The van der Waals surface area contributed by atoms with Gasteiger partial charge in [-0.15, -0.1) is 0 Å². The lowest BCUT2D eigenvalue weighted by atomic mass is 9.77. The molecule has 3 aromatic rings. The number of rotatable bonds is 7. The zero-order valence-electron chi connectivity index (χ0n) is 27.4. The number of carbonyl (C=O) groups is 3. The molecule has 46 heavy (non-hydrogen) atoms. The molecule has 0 bridgehead atoms. The van der Waals surface area contributed by atoms with Gasteiger partial charge in [0.25, 0.3) is 0 Å². The Morgan fingerprint density at radius 3 is 2.35 bits per heavy atom. The van der Waals surface area contributed by atoms with E-state index >= 15 is 0 Å². The van der Waals surface area contributed by atoms with Gasteiger partial charge in [-0.2, -0.15) is 0 Å². The van der Waals surface area contributed by atoms with Crippen LogP contribution in [-0.4, -0.2) is 74.6 Å². The minimum Gasteiger partial charge on any atom is -0.467 e. The number of ether oxygens (including phenoxy) is 3. The number of carbonyl (C=O) groups excluding carboxylic acids is 3. The fourth-order valence-electron chi connectivity index (χ4n) is 5.87. The van der Waals surface area contributed by atoms with Crippen molar-refractivity contribution in [2.45, 2.75) is 96.4 Å². The molecule has 2 amide bonds. The highest BCUT2D eigenvalue weighted by Crippen LogP contribution is 2.44. The molecular formula is C32H42ClN7O6. The number of esters is 1. The van der Waals surface area contributed by atoms with Gasteiger partial charge in [0.1, 0.15) is 17.5 Å². The molecule has 2 N–H and O–H groups in total. The molecule has 0 unspecified atom stereocenters. The van der Waals surface area contributed by atoms with E-state index in [1.54, 1.807) is 47.9 Å². The lowest BCUT2D eigenvalue weighted by Crippen LogP contribution is -2.57. The van der Waals surface area contributed by atoms with Crippen molar-refractivity contribution in [3.05, 3.63) is 40.9 Å². The van der Waals surface area contributed by atoms with E-state index in [9.17, 15) is 14.4 Å². The third-order valence-corrected chi connectivity index (χ3v) is 8.26. The summed E-state index contributed by atoms with van der Waals surface area (Å²) in [4.78, 5) is 53.8. The highest BCUT2D eigenvalue weighted by Gasteiger charge is 2.48. The number of benzene rings is 1. The summed E-state index contributed by atoms with van der Waals surface area (Å²) < 4.78 is 18.0. The maximum atomic E-state index is 13.2. The van der Waals surface area contributed by atoms with E-state index in [1.807, 2.05) is 16.7 Å². The van der Waals surface area contributed by atoms with Gasteiger partial charge in [-0.1, -0.05) is 18.0 Å². The van der Waals surface area contributed by atoms with E-state index in [0.29, 0.717) is 41.6 Å². The van der Waals surface area contributed by atoms with Gasteiger partial charge >= 0.3 is 18.2 Å². The normalized spacial score (nSPS) is 18.7. The van der Waals surface area contributed by atoms with Crippen LogP contribution < -0.4 is 15.5 Å². The molecule has 0 spiro atoms. The third-order valence-electron chi connectivity index (χ3n) is 8.05. The molecule has 1 aliphatic heterocycles. The average molecular weight is 656 g/mol. The van der Waals surface area contributed by atoms with Crippen molar-refractivity contribution >= 4 is 52.4 Å². The molecular weight excluding hydrogens is 614 g/mol. The van der Waals surface area contributed by atoms with E-state index in [4.69, 9.17) is 25.8 Å². The molecule has 2 fully saturated rings. The Labute approximate surface area is 273 Å². The SMILES string of the molecule is COC(=O)[C@@]1(NC(=O)OC(C)(C)C)CCN(c2cc(Cl)cc(C3CCC3)c2Cn2cnc3c(NC(=O)OC(C)(C)C)ncnc32)C1. The number of nitrogens with one attached hydrogen (secondary N) is 2. The first kappa shape index (κ1) is 33.2. The molecule has 248 valence electrons. The lowest BCUT2D eigenvalue weighted by Gasteiger charge is -2.33. The van der Waals surface area contributed by atoms with Crippen molar-refractivity contribution in [2.24, 2.45) is 0 Å². The maximum Gasteiger partial charge on any atom is 0.413 e. The van der Waals surface area contributed by atoms with Crippen molar-refractivity contribution in [1.29, 1.82) is 0 Å². The summed E-state index contributed by atoms with van der Waals surface area (Å²) in [5.74, 6) is 0.0178. The van der Waals surface area contributed by atoms with Crippen LogP contribution in [0.3, 0.4) is 0 Å². The number of hydrogen-bond donors (Lipinski definition) is 2. The average Bonchev–Trinajstić information content (AvgIpc) is 3.52. The van der Waals surface area contributed by atoms with Gasteiger partial charge in [-0.25, -0.2) is 29.3 Å². The number of methoxy groups -OCH3 is 1. The fourth-order valence-corrected chi connectivity index (χ4v) is 6.09. The Bertz CT molecular complexity index is 1640. The van der Waals surface area contributed by atoms with E-state index in [-0.39, 0.29) is 12.4 Å². The van der Waals surface area contributed by atoms with Crippen LogP contribution in [0.15, 0.2) is 24.8 Å². The Hall–Kier alpha value is -4.13. The number of fused-ring (bicyclic) bond motifs is 1. The second-order valence-corrected chi connectivity index (χ2v) is 14.3. The number of hydrogen-bond acceptors (Lipinski definition) is 10. The number of aromatic nitrogens is 4. The Morgan fingerprint density at radius 2 is 1.72 bits per heavy atom. The van der Waals surface area contributed by atoms with Gasteiger partial charge in [0, 0.05) is 23.7 Å². The number of amides is 2. The quantitative estimate of drug-likeness (QED) is 0.237. The third kappa shape index (κ3) is 7.30. The number of halogens is 1. The summed E-state index contributed by atoms with van der Waals surface area (Å²) in [5, 5.41) is 6.08. The topological polar surface area (TPSA) is 150 Å². The number of imidazole rings is 1. The summed E-state index contributed by atoms with van der Waals surface area (Å²) in [6, 6.07) is 3.90. The number of nitrogens with zero attached hydrogens (tertiary/aromatic N) is 5. The van der Waals surface area contributed by atoms with Gasteiger partial charge in [-0.3, -0.25) is 5.32 Å². The standard InChI is InChI=1S/C32H42ClN7O6/c1-30(2,3)45-28(42)37-25-24-26(35-17-34-25)40(18-36-24)15-22-21(19-9-8-10-19)13-20(33)14-23(22)39-12-11-32(16-39,27(41)44-7)38-29(43)46-31(4,5)6/h13-14,17-19H,8-12,15-16H2,1-7H3,(H,38,43)(H,34,35,37,42)/t32-/m1/s1. The predicted molar refractivity (Wildman–Crippen MR) is 173 cm³/mol. The van der Waals surface area contributed by atoms with Crippen LogP contribution in [-0.2, 0) is 25.5 Å². The van der Waals surface area contributed by atoms with Crippen LogP contribution in [0.1, 0.15) is 84.3 Å². The van der Waals surface area contributed by atoms with E-state index < -0.39 is 34.9 Å². The summed E-state index contributed by atoms with van der Waals surface area (Å²) in [6.07, 6.45) is 5.21. The fraction of sp³-hybridized carbons (Fsp3) is 0.562. The first-order chi connectivity index (χ1) is 21.6. The Balaban J connectivity index is 1.50. The summed E-state index contributed by atoms with van der Waals surface area (Å²) in [6.45, 7) is 11.6. The molecule has 1 aromatic carbocycles. The molecule has 2 aromatic heterocycles. The van der Waals surface area contributed by atoms with Gasteiger partial charge in [0.15, 0.2) is 22.5 Å². The molecule has 1 aliphatic carbocycles. The van der Waals surface area contributed by atoms with Crippen LogP contribution in [0, 0.1) is 0 Å². The van der Waals surface area contributed by atoms with Crippen LogP contribution in [0.4, 0.5) is 21.1 Å². The second-order valence-electron chi connectivity index (χ2n) is 13.9. The van der Waals surface area contributed by atoms with Crippen molar-refractivity contribution in [3.63, 3.8) is 0 Å². The Morgan fingerprint density at radius 1 is 1.02 bits per heavy atom. The summed E-state index contributed by atoms with van der Waals surface area (Å²) in [5.41, 5.74) is 1.18.